The minimum atomic E-state index is -0.144. The molecule has 2 bridgehead atoms. The maximum atomic E-state index is 9.48. The summed E-state index contributed by atoms with van der Waals surface area (Å²) in [5.74, 6) is 0.323. The zero-order chi connectivity index (χ0) is 17.5. The molecule has 0 atom stereocenters. The molecule has 0 spiro atoms. The first-order valence-corrected chi connectivity index (χ1v) is 8.56. The molecule has 1 saturated carbocycles. The standard InChI is InChI=1S/C19H19N5O/c1-22-16-3-2-15-17(24-16)14(13(10-20)11-23-15)4-5-19-8-6-18(21,7-9-19)12-25-19/h2-3,11H,4-9,12,21H2. The zero-order valence-electron chi connectivity index (χ0n) is 14.0. The Morgan fingerprint density at radius 2 is 2.12 bits per heavy atom. The van der Waals surface area contributed by atoms with Gasteiger partial charge in [0.2, 0.25) is 0 Å². The number of nitrogens with two attached hydrogens (primary N) is 1. The van der Waals surface area contributed by atoms with E-state index < -0.39 is 0 Å². The molecule has 0 unspecified atom stereocenters. The first-order chi connectivity index (χ1) is 12.1. The average Bonchev–Trinajstić information content (AvgIpc) is 2.66. The molecule has 2 aromatic heterocycles. The molecule has 5 rings (SSSR count). The van der Waals surface area contributed by atoms with Crippen LogP contribution in [0.5, 0.6) is 0 Å². The van der Waals surface area contributed by atoms with Crippen molar-refractivity contribution in [2.24, 2.45) is 5.73 Å². The largest absolute Gasteiger partial charge is 0.373 e. The van der Waals surface area contributed by atoms with Crippen LogP contribution in [0, 0.1) is 17.9 Å². The van der Waals surface area contributed by atoms with E-state index in [2.05, 4.69) is 20.9 Å². The van der Waals surface area contributed by atoms with Crippen LogP contribution < -0.4 is 5.73 Å². The first kappa shape index (κ1) is 16.0. The van der Waals surface area contributed by atoms with Crippen LogP contribution in [0.3, 0.4) is 0 Å². The summed E-state index contributed by atoms with van der Waals surface area (Å²) in [6.45, 7) is 7.80. The molecule has 6 nitrogen and oxygen atoms in total. The van der Waals surface area contributed by atoms with Gasteiger partial charge in [-0.1, -0.05) is 6.57 Å². The molecule has 2 N–H and O–H groups in total. The molecule has 25 heavy (non-hydrogen) atoms. The van der Waals surface area contributed by atoms with Gasteiger partial charge in [-0.2, -0.15) is 5.26 Å². The van der Waals surface area contributed by atoms with Gasteiger partial charge in [-0.05, 0) is 50.7 Å². The van der Waals surface area contributed by atoms with Gasteiger partial charge in [-0.15, -0.1) is 4.98 Å². The lowest BCUT2D eigenvalue weighted by Gasteiger charge is -2.51. The van der Waals surface area contributed by atoms with Crippen molar-refractivity contribution in [1.29, 1.82) is 5.26 Å². The van der Waals surface area contributed by atoms with E-state index in [-0.39, 0.29) is 11.1 Å². The Morgan fingerprint density at radius 1 is 1.32 bits per heavy atom. The lowest BCUT2D eigenvalue weighted by molar-refractivity contribution is -0.156. The third-order valence-electron chi connectivity index (χ3n) is 5.69. The number of fused-ring (bicyclic) bond motifs is 4. The third kappa shape index (κ3) is 2.74. The number of rotatable bonds is 3. The topological polar surface area (TPSA) is 89.2 Å². The van der Waals surface area contributed by atoms with E-state index in [1.54, 1.807) is 18.3 Å². The molecule has 1 aliphatic carbocycles. The van der Waals surface area contributed by atoms with E-state index in [9.17, 15) is 5.26 Å². The summed E-state index contributed by atoms with van der Waals surface area (Å²) in [6.07, 6.45) is 7.05. The first-order valence-electron chi connectivity index (χ1n) is 8.56. The predicted molar refractivity (Wildman–Crippen MR) is 92.9 cm³/mol. The van der Waals surface area contributed by atoms with Crippen molar-refractivity contribution in [3.05, 3.63) is 40.9 Å². The number of hydrogen-bond donors (Lipinski definition) is 1. The summed E-state index contributed by atoms with van der Waals surface area (Å²) < 4.78 is 6.13. The number of nitrogens with zero attached hydrogens (tertiary/aromatic N) is 4. The molecule has 3 aliphatic rings. The Hall–Kier alpha value is -2.54. The lowest BCUT2D eigenvalue weighted by atomic mass is 9.70. The van der Waals surface area contributed by atoms with Crippen molar-refractivity contribution < 1.29 is 4.74 Å². The van der Waals surface area contributed by atoms with Crippen LogP contribution >= 0.6 is 0 Å². The highest BCUT2D eigenvalue weighted by molar-refractivity contribution is 5.81. The van der Waals surface area contributed by atoms with Crippen LogP contribution in [0.2, 0.25) is 0 Å². The molecule has 2 saturated heterocycles. The minimum absolute atomic E-state index is 0.138. The van der Waals surface area contributed by atoms with Gasteiger partial charge in [0.05, 0.1) is 17.8 Å². The molecule has 2 aromatic rings. The maximum Gasteiger partial charge on any atom is 0.270 e. The molecular weight excluding hydrogens is 314 g/mol. The Labute approximate surface area is 146 Å². The quantitative estimate of drug-likeness (QED) is 0.872. The van der Waals surface area contributed by atoms with Crippen molar-refractivity contribution in [2.75, 3.05) is 6.61 Å². The summed E-state index contributed by atoms with van der Waals surface area (Å²) >= 11 is 0. The fraction of sp³-hybridized carbons (Fsp3) is 0.474. The molecule has 3 fully saturated rings. The Balaban J connectivity index is 1.67. The van der Waals surface area contributed by atoms with Crippen LogP contribution in [-0.2, 0) is 11.2 Å². The third-order valence-corrected chi connectivity index (χ3v) is 5.69. The van der Waals surface area contributed by atoms with Gasteiger partial charge in [-0.25, -0.2) is 0 Å². The number of hydrogen-bond acceptors (Lipinski definition) is 5. The van der Waals surface area contributed by atoms with E-state index in [1.807, 2.05) is 0 Å². The Kier molecular flexibility index (Phi) is 3.68. The summed E-state index contributed by atoms with van der Waals surface area (Å²) in [6, 6.07) is 5.67. The molecule has 0 aromatic carbocycles. The highest BCUT2D eigenvalue weighted by atomic mass is 16.5. The minimum Gasteiger partial charge on any atom is -0.373 e. The normalized spacial score (nSPS) is 27.8. The van der Waals surface area contributed by atoms with Crippen LogP contribution in [0.25, 0.3) is 15.9 Å². The Bertz CT molecular complexity index is 894. The molecule has 0 radical (unpaired) electrons. The van der Waals surface area contributed by atoms with Crippen molar-refractivity contribution >= 4 is 16.9 Å². The highest BCUT2D eigenvalue weighted by Crippen LogP contribution is 2.45. The van der Waals surface area contributed by atoms with Crippen LogP contribution in [0.4, 0.5) is 5.82 Å². The fourth-order valence-electron chi connectivity index (χ4n) is 3.98. The van der Waals surface area contributed by atoms with E-state index in [0.717, 1.165) is 37.7 Å². The Morgan fingerprint density at radius 3 is 2.76 bits per heavy atom. The molecule has 6 heteroatoms. The molecule has 126 valence electrons. The van der Waals surface area contributed by atoms with Gasteiger partial charge >= 0.3 is 0 Å². The van der Waals surface area contributed by atoms with E-state index in [1.165, 1.54) is 0 Å². The van der Waals surface area contributed by atoms with Crippen molar-refractivity contribution in [2.45, 2.75) is 49.7 Å². The monoisotopic (exact) mass is 333 g/mol. The van der Waals surface area contributed by atoms with Crippen molar-refractivity contribution in [1.82, 2.24) is 9.97 Å². The van der Waals surface area contributed by atoms with E-state index in [4.69, 9.17) is 17.0 Å². The summed E-state index contributed by atoms with van der Waals surface area (Å²) in [7, 11) is 0. The van der Waals surface area contributed by atoms with E-state index in [0.29, 0.717) is 35.4 Å². The van der Waals surface area contributed by atoms with Gasteiger partial charge in [0.1, 0.15) is 11.6 Å². The summed E-state index contributed by atoms with van der Waals surface area (Å²) in [5.41, 5.74) is 8.78. The second kappa shape index (κ2) is 5.77. The second-order valence-corrected chi connectivity index (χ2v) is 7.25. The van der Waals surface area contributed by atoms with Gasteiger partial charge in [0.15, 0.2) is 5.52 Å². The number of pyridine rings is 2. The molecule has 2 aliphatic heterocycles. The summed E-state index contributed by atoms with van der Waals surface area (Å²) in [4.78, 5) is 12.1. The molecule has 4 heterocycles. The average molecular weight is 333 g/mol. The van der Waals surface area contributed by atoms with Gasteiger partial charge in [0, 0.05) is 17.3 Å². The number of aryl methyl sites for hydroxylation is 1. The maximum absolute atomic E-state index is 9.48. The van der Waals surface area contributed by atoms with Crippen molar-refractivity contribution in [3.8, 4) is 6.07 Å². The lowest BCUT2D eigenvalue weighted by Crippen LogP contribution is -2.59. The van der Waals surface area contributed by atoms with Crippen LogP contribution in [-0.4, -0.2) is 27.7 Å². The number of aromatic nitrogens is 2. The fourth-order valence-corrected chi connectivity index (χ4v) is 3.98. The SMILES string of the molecule is [C-]#[N+]c1ccc2ncc(C#N)c(CCC34CCC(N)(CC3)CO4)c2n1. The van der Waals surface area contributed by atoms with Crippen LogP contribution in [0.1, 0.15) is 43.2 Å². The van der Waals surface area contributed by atoms with Gasteiger partial charge in [0.25, 0.3) is 5.82 Å². The molecular formula is C19H19N5O. The number of ether oxygens (including phenoxy) is 1. The van der Waals surface area contributed by atoms with Gasteiger partial charge in [-0.3, -0.25) is 4.98 Å². The highest BCUT2D eigenvalue weighted by Gasteiger charge is 2.47. The smallest absolute Gasteiger partial charge is 0.270 e. The van der Waals surface area contributed by atoms with Crippen molar-refractivity contribution in [3.63, 3.8) is 0 Å². The second-order valence-electron chi connectivity index (χ2n) is 7.25. The molecule has 0 amide bonds. The number of nitriles is 1. The predicted octanol–water partition coefficient (Wildman–Crippen LogP) is 3.03. The van der Waals surface area contributed by atoms with Crippen LogP contribution in [0.15, 0.2) is 18.3 Å². The zero-order valence-corrected chi connectivity index (χ0v) is 14.0. The van der Waals surface area contributed by atoms with Gasteiger partial charge < -0.3 is 15.3 Å². The summed E-state index contributed by atoms with van der Waals surface area (Å²) in [5, 5.41) is 9.48. The van der Waals surface area contributed by atoms with E-state index >= 15 is 0 Å².